The first kappa shape index (κ1) is 25.3. The van der Waals surface area contributed by atoms with Crippen LogP contribution in [0.1, 0.15) is 24.3 Å². The average molecular weight is 533 g/mol. The Morgan fingerprint density at radius 2 is 1.86 bits per heavy atom. The van der Waals surface area contributed by atoms with E-state index in [0.29, 0.717) is 18.4 Å². The molecule has 0 aliphatic carbocycles. The van der Waals surface area contributed by atoms with Crippen LogP contribution in [0.3, 0.4) is 0 Å². The summed E-state index contributed by atoms with van der Waals surface area (Å²) in [5.74, 6) is 0.251. The van der Waals surface area contributed by atoms with Crippen LogP contribution in [0.5, 0.6) is 0 Å². The van der Waals surface area contributed by atoms with Crippen molar-refractivity contribution >= 4 is 49.8 Å². The van der Waals surface area contributed by atoms with Crippen LogP contribution in [0.2, 0.25) is 0 Å². The smallest absolute Gasteiger partial charge is 0.284 e. The Labute approximate surface area is 222 Å². The first-order valence-corrected chi connectivity index (χ1v) is 13.7. The van der Waals surface area contributed by atoms with Crippen molar-refractivity contribution in [1.82, 2.24) is 14.1 Å². The maximum absolute atomic E-state index is 13.5. The van der Waals surface area contributed by atoms with Crippen LogP contribution in [0.15, 0.2) is 80.3 Å². The highest BCUT2D eigenvalue weighted by atomic mass is 32.2. The van der Waals surface area contributed by atoms with E-state index in [-0.39, 0.29) is 17.2 Å². The third-order valence-electron chi connectivity index (χ3n) is 6.14. The fraction of sp³-hybridized carbons (Fsp3) is 0.250. The molecule has 0 saturated carbocycles. The van der Waals surface area contributed by atoms with Crippen LogP contribution in [0.25, 0.3) is 21.0 Å². The molecule has 3 heterocycles. The summed E-state index contributed by atoms with van der Waals surface area (Å²) >= 11 is 2.99. The number of rotatable bonds is 8. The molecule has 0 unspecified atom stereocenters. The van der Waals surface area contributed by atoms with Gasteiger partial charge >= 0.3 is 5.69 Å². The van der Waals surface area contributed by atoms with E-state index >= 15 is 0 Å². The summed E-state index contributed by atoms with van der Waals surface area (Å²) in [6.45, 7) is 4.68. The molecule has 3 aromatic heterocycles. The maximum atomic E-state index is 13.5. The molecule has 0 atom stereocenters. The van der Waals surface area contributed by atoms with Gasteiger partial charge in [-0.2, -0.15) is 0 Å². The van der Waals surface area contributed by atoms with Gasteiger partial charge in [-0.25, -0.2) is 9.78 Å². The zero-order valence-corrected chi connectivity index (χ0v) is 22.8. The van der Waals surface area contributed by atoms with E-state index in [1.165, 1.54) is 44.0 Å². The summed E-state index contributed by atoms with van der Waals surface area (Å²) in [6, 6.07) is 18.4. The van der Waals surface area contributed by atoms with Crippen molar-refractivity contribution in [1.29, 1.82) is 0 Å². The van der Waals surface area contributed by atoms with Crippen molar-refractivity contribution in [2.24, 2.45) is 13.0 Å². The molecule has 0 spiro atoms. The zero-order valence-electron chi connectivity index (χ0n) is 21.1. The van der Waals surface area contributed by atoms with Crippen molar-refractivity contribution in [3.63, 3.8) is 0 Å². The summed E-state index contributed by atoms with van der Waals surface area (Å²) in [5.41, 5.74) is 4.12. The van der Waals surface area contributed by atoms with Crippen molar-refractivity contribution in [3.05, 3.63) is 92.1 Å². The average Bonchev–Trinajstić information content (AvgIpc) is 3.24. The Balaban J connectivity index is 1.72. The lowest BCUT2D eigenvalue weighted by Gasteiger charge is -2.12. The highest BCUT2D eigenvalue weighted by Gasteiger charge is 2.23. The first-order chi connectivity index (χ1) is 17.9. The van der Waals surface area contributed by atoms with Gasteiger partial charge in [0.15, 0.2) is 0 Å². The Hall–Kier alpha value is -3.40. The molecular weight excluding hydrogens is 504 g/mol. The molecule has 5 aromatic rings. The van der Waals surface area contributed by atoms with Gasteiger partial charge in [-0.15, -0.1) is 11.3 Å². The monoisotopic (exact) mass is 532 g/mol. The van der Waals surface area contributed by atoms with Gasteiger partial charge in [-0.3, -0.25) is 24.2 Å². The third-order valence-corrected chi connectivity index (χ3v) is 8.58. The number of thiophene rings is 1. The molecule has 5 rings (SSSR count). The van der Waals surface area contributed by atoms with Crippen LogP contribution >= 0.6 is 23.1 Å². The number of benzene rings is 2. The van der Waals surface area contributed by atoms with Crippen LogP contribution in [0.4, 0.5) is 5.69 Å². The van der Waals surface area contributed by atoms with E-state index in [1.807, 2.05) is 24.3 Å². The third kappa shape index (κ3) is 4.94. The largest absolute Gasteiger partial charge is 0.331 e. The van der Waals surface area contributed by atoms with E-state index in [0.717, 1.165) is 25.3 Å². The van der Waals surface area contributed by atoms with Gasteiger partial charge in [0.25, 0.3) is 5.56 Å². The number of hydrogen-bond donors (Lipinski definition) is 1. The lowest BCUT2D eigenvalue weighted by Crippen LogP contribution is -2.38. The van der Waals surface area contributed by atoms with Crippen molar-refractivity contribution in [3.8, 4) is 0 Å². The second kappa shape index (κ2) is 10.5. The molecule has 0 aliphatic rings. The highest BCUT2D eigenvalue weighted by molar-refractivity contribution is 7.99. The van der Waals surface area contributed by atoms with Gasteiger partial charge in [0.1, 0.15) is 9.86 Å². The highest BCUT2D eigenvalue weighted by Crippen LogP contribution is 2.41. The van der Waals surface area contributed by atoms with Gasteiger partial charge in [0.2, 0.25) is 0 Å². The Bertz CT molecular complexity index is 1700. The second-order valence-electron chi connectivity index (χ2n) is 9.29. The normalized spacial score (nSPS) is 11.6. The number of pyridine rings is 1. The predicted octanol–water partition coefficient (Wildman–Crippen LogP) is 5.68. The molecule has 0 bridgehead atoms. The Morgan fingerprint density at radius 3 is 2.59 bits per heavy atom. The van der Waals surface area contributed by atoms with E-state index in [2.05, 4.69) is 54.6 Å². The number of aromatic nitrogens is 3. The minimum atomic E-state index is -0.283. The quantitative estimate of drug-likeness (QED) is 0.259. The molecule has 9 heteroatoms. The van der Waals surface area contributed by atoms with Crippen molar-refractivity contribution < 1.29 is 4.84 Å². The van der Waals surface area contributed by atoms with E-state index in [9.17, 15) is 9.59 Å². The summed E-state index contributed by atoms with van der Waals surface area (Å²) in [4.78, 5) is 38.8. The zero-order chi connectivity index (χ0) is 26.1. The number of nitrogens with one attached hydrogen (secondary N) is 1. The molecule has 2 aromatic carbocycles. The van der Waals surface area contributed by atoms with Gasteiger partial charge in [-0.1, -0.05) is 68.1 Å². The van der Waals surface area contributed by atoms with Crippen molar-refractivity contribution in [2.75, 3.05) is 12.6 Å². The maximum Gasteiger partial charge on any atom is 0.331 e. The molecule has 1 N–H and O–H groups in total. The molecule has 7 nitrogen and oxygen atoms in total. The van der Waals surface area contributed by atoms with E-state index < -0.39 is 0 Å². The molecule has 0 fully saturated rings. The minimum Gasteiger partial charge on any atom is -0.284 e. The molecule has 190 valence electrons. The Kier molecular flexibility index (Phi) is 7.19. The van der Waals surface area contributed by atoms with E-state index in [4.69, 9.17) is 4.84 Å². The van der Waals surface area contributed by atoms with Crippen LogP contribution in [0, 0.1) is 5.92 Å². The number of fused-ring (bicyclic) bond motifs is 2. The topological polar surface area (TPSA) is 78.1 Å². The SMILES string of the molecule is CONc1ccc(Sc2c(Cc3cccc4ccccc34)sc3c2c(=O)n(C)c(=O)n3CC(C)C)nc1. The number of nitrogens with zero attached hydrogens (tertiary/aromatic N) is 3. The van der Waals surface area contributed by atoms with Crippen LogP contribution in [-0.2, 0) is 24.9 Å². The summed E-state index contributed by atoms with van der Waals surface area (Å²) in [7, 11) is 3.10. The molecule has 37 heavy (non-hydrogen) atoms. The second-order valence-corrected chi connectivity index (χ2v) is 11.4. The lowest BCUT2D eigenvalue weighted by atomic mass is 10.0. The molecule has 0 amide bonds. The summed E-state index contributed by atoms with van der Waals surface area (Å²) < 4.78 is 2.98. The summed E-state index contributed by atoms with van der Waals surface area (Å²) in [6.07, 6.45) is 2.34. The molecule has 0 saturated heterocycles. The fourth-order valence-electron chi connectivity index (χ4n) is 4.45. The standard InChI is InChI=1S/C28H28N4O3S2/c1-17(2)16-32-27-24(26(33)31(3)28(32)34)25(37-23-13-12-20(15-29-23)30-35-4)22(36-27)14-19-10-7-9-18-8-5-6-11-21(18)19/h5-13,15,17,30H,14,16H2,1-4H3. The van der Waals surface area contributed by atoms with Gasteiger partial charge in [0.05, 0.1) is 24.4 Å². The minimum absolute atomic E-state index is 0.251. The van der Waals surface area contributed by atoms with E-state index in [1.54, 1.807) is 24.9 Å². The lowest BCUT2D eigenvalue weighted by molar-refractivity contribution is 0.271. The molecule has 0 aliphatic heterocycles. The van der Waals surface area contributed by atoms with Gasteiger partial charge in [0, 0.05) is 29.8 Å². The first-order valence-electron chi connectivity index (χ1n) is 12.0. The number of hydrogen-bond acceptors (Lipinski definition) is 7. The molecular formula is C28H28N4O3S2. The van der Waals surface area contributed by atoms with Crippen molar-refractivity contribution in [2.45, 2.75) is 36.7 Å². The van der Waals surface area contributed by atoms with Gasteiger partial charge in [-0.05, 0) is 34.4 Å². The van der Waals surface area contributed by atoms with Crippen LogP contribution < -0.4 is 16.7 Å². The summed E-state index contributed by atoms with van der Waals surface area (Å²) in [5, 5.41) is 3.68. The number of anilines is 1. The Morgan fingerprint density at radius 1 is 1.08 bits per heavy atom. The predicted molar refractivity (Wildman–Crippen MR) is 152 cm³/mol. The molecule has 0 radical (unpaired) electrons. The van der Waals surface area contributed by atoms with Crippen LogP contribution in [-0.4, -0.2) is 21.2 Å². The van der Waals surface area contributed by atoms with Gasteiger partial charge < -0.3 is 0 Å². The fourth-order valence-corrected chi connectivity index (χ4v) is 6.89.